The Morgan fingerprint density at radius 1 is 0.868 bits per heavy atom. The van der Waals surface area contributed by atoms with E-state index in [4.69, 9.17) is 9.47 Å². The van der Waals surface area contributed by atoms with Gasteiger partial charge in [0.25, 0.3) is 5.91 Å². The van der Waals surface area contributed by atoms with Crippen molar-refractivity contribution >= 4 is 21.6 Å². The molecule has 0 radical (unpaired) electrons. The number of aryl methyl sites for hydroxylation is 1. The monoisotopic (exact) mass is 530 g/mol. The highest BCUT2D eigenvalue weighted by Crippen LogP contribution is 2.30. The number of carbonyl (C=O) groups is 1. The van der Waals surface area contributed by atoms with E-state index in [2.05, 4.69) is 5.32 Å². The molecule has 0 aliphatic rings. The quantitative estimate of drug-likeness (QED) is 0.262. The Bertz CT molecular complexity index is 1500. The minimum atomic E-state index is -3.74. The number of hydrogen-bond donors (Lipinski definition) is 1. The molecule has 4 aromatic carbocycles. The number of para-hydroxylation sites is 3. The number of carbonyl (C=O) groups excluding carboxylic acids is 1. The molecule has 0 bridgehead atoms. The number of rotatable bonds is 10. The van der Waals surface area contributed by atoms with E-state index in [0.29, 0.717) is 40.7 Å². The molecule has 7 nitrogen and oxygen atoms in total. The lowest BCUT2D eigenvalue weighted by Gasteiger charge is -2.20. The number of anilines is 1. The maximum atomic E-state index is 13.2. The molecule has 0 spiro atoms. The van der Waals surface area contributed by atoms with Crippen LogP contribution in [0.15, 0.2) is 102 Å². The minimum absolute atomic E-state index is 0.0281. The van der Waals surface area contributed by atoms with Gasteiger partial charge in [0.1, 0.15) is 11.5 Å². The van der Waals surface area contributed by atoms with Crippen LogP contribution in [-0.4, -0.2) is 32.3 Å². The summed E-state index contributed by atoms with van der Waals surface area (Å²) in [5, 5.41) is 2.90. The van der Waals surface area contributed by atoms with Gasteiger partial charge < -0.3 is 14.8 Å². The first kappa shape index (κ1) is 26.9. The van der Waals surface area contributed by atoms with Gasteiger partial charge in [-0.1, -0.05) is 48.0 Å². The number of hydrogen-bond acceptors (Lipinski definition) is 5. The van der Waals surface area contributed by atoms with E-state index in [0.717, 1.165) is 5.56 Å². The Hall–Kier alpha value is -4.14. The van der Waals surface area contributed by atoms with Crippen LogP contribution >= 0.6 is 0 Å². The van der Waals surface area contributed by atoms with E-state index in [1.807, 2.05) is 56.3 Å². The zero-order valence-electron chi connectivity index (χ0n) is 21.5. The number of sulfonamides is 1. The maximum absolute atomic E-state index is 13.2. The van der Waals surface area contributed by atoms with Gasteiger partial charge in [-0.15, -0.1) is 0 Å². The number of nitrogens with zero attached hydrogens (tertiary/aromatic N) is 1. The summed E-state index contributed by atoms with van der Waals surface area (Å²) in [4.78, 5) is 13.4. The predicted molar refractivity (Wildman–Crippen MR) is 148 cm³/mol. The molecule has 0 unspecified atom stereocenters. The van der Waals surface area contributed by atoms with Crippen molar-refractivity contribution in [3.8, 4) is 17.2 Å². The first-order valence-corrected chi connectivity index (χ1v) is 13.6. The van der Waals surface area contributed by atoms with Gasteiger partial charge in [0, 0.05) is 24.7 Å². The molecule has 8 heteroatoms. The second-order valence-corrected chi connectivity index (χ2v) is 10.7. The summed E-state index contributed by atoms with van der Waals surface area (Å²) in [5.74, 6) is 1.31. The van der Waals surface area contributed by atoms with E-state index in [9.17, 15) is 13.2 Å². The fourth-order valence-corrected chi connectivity index (χ4v) is 4.97. The van der Waals surface area contributed by atoms with Crippen molar-refractivity contribution in [1.29, 1.82) is 0 Å². The zero-order valence-corrected chi connectivity index (χ0v) is 22.4. The minimum Gasteiger partial charge on any atom is -0.494 e. The van der Waals surface area contributed by atoms with Crippen molar-refractivity contribution in [2.75, 3.05) is 19.0 Å². The van der Waals surface area contributed by atoms with E-state index in [1.54, 1.807) is 54.6 Å². The third-order valence-corrected chi connectivity index (χ3v) is 7.67. The maximum Gasteiger partial charge on any atom is 0.255 e. The van der Waals surface area contributed by atoms with Crippen LogP contribution in [0.4, 0.5) is 5.69 Å². The Morgan fingerprint density at radius 2 is 1.55 bits per heavy atom. The molecule has 1 N–H and O–H groups in total. The molecule has 0 aromatic heterocycles. The standard InChI is InChI=1S/C30H30N2O5S/c1-4-36-28-19-16-23(20-24(28)21-32(3)38(34,35)26-17-14-22(2)15-18-26)30(33)31-27-12-8-9-13-29(27)37-25-10-6-5-7-11-25/h5-20H,4,21H2,1-3H3,(H,31,33). The molecule has 1 amide bonds. The highest BCUT2D eigenvalue weighted by Gasteiger charge is 2.23. The third-order valence-electron chi connectivity index (χ3n) is 5.85. The molecular weight excluding hydrogens is 500 g/mol. The van der Waals surface area contributed by atoms with Crippen LogP contribution in [0.25, 0.3) is 0 Å². The lowest BCUT2D eigenvalue weighted by molar-refractivity contribution is 0.102. The molecule has 0 saturated heterocycles. The second kappa shape index (κ2) is 11.9. The topological polar surface area (TPSA) is 84.9 Å². The van der Waals surface area contributed by atoms with Gasteiger partial charge in [0.2, 0.25) is 10.0 Å². The lowest BCUT2D eigenvalue weighted by Crippen LogP contribution is -2.27. The van der Waals surface area contributed by atoms with Crippen molar-refractivity contribution in [2.45, 2.75) is 25.3 Å². The van der Waals surface area contributed by atoms with Gasteiger partial charge in [-0.25, -0.2) is 8.42 Å². The Morgan fingerprint density at radius 3 is 2.26 bits per heavy atom. The second-order valence-electron chi connectivity index (χ2n) is 8.70. The Balaban J connectivity index is 1.57. The van der Waals surface area contributed by atoms with Crippen molar-refractivity contribution in [3.05, 3.63) is 114 Å². The average molecular weight is 531 g/mol. The van der Waals surface area contributed by atoms with E-state index < -0.39 is 10.0 Å². The molecule has 0 atom stereocenters. The summed E-state index contributed by atoms with van der Waals surface area (Å²) < 4.78 is 39.3. The summed E-state index contributed by atoms with van der Waals surface area (Å²) in [6.45, 7) is 4.18. The molecule has 196 valence electrons. The van der Waals surface area contributed by atoms with Gasteiger partial charge >= 0.3 is 0 Å². The molecule has 0 fully saturated rings. The molecule has 38 heavy (non-hydrogen) atoms. The van der Waals surface area contributed by atoms with E-state index in [-0.39, 0.29) is 17.3 Å². The summed E-state index contributed by atoms with van der Waals surface area (Å²) >= 11 is 0. The predicted octanol–water partition coefficient (Wildman–Crippen LogP) is 6.26. The normalized spacial score (nSPS) is 11.3. The van der Waals surface area contributed by atoms with Crippen molar-refractivity contribution in [2.24, 2.45) is 0 Å². The van der Waals surface area contributed by atoms with Gasteiger partial charge in [-0.05, 0) is 68.4 Å². The van der Waals surface area contributed by atoms with Crippen LogP contribution in [0.1, 0.15) is 28.4 Å². The lowest BCUT2D eigenvalue weighted by atomic mass is 10.1. The molecule has 0 saturated carbocycles. The van der Waals surface area contributed by atoms with Crippen LogP contribution in [0.5, 0.6) is 17.2 Å². The van der Waals surface area contributed by atoms with E-state index in [1.165, 1.54) is 11.4 Å². The first-order valence-electron chi connectivity index (χ1n) is 12.2. The number of ether oxygens (including phenoxy) is 2. The number of nitrogens with one attached hydrogen (secondary N) is 1. The highest BCUT2D eigenvalue weighted by molar-refractivity contribution is 7.89. The first-order chi connectivity index (χ1) is 18.3. The molecule has 0 aliphatic carbocycles. The van der Waals surface area contributed by atoms with Crippen LogP contribution in [0, 0.1) is 6.92 Å². The number of benzene rings is 4. The SMILES string of the molecule is CCOc1ccc(C(=O)Nc2ccccc2Oc2ccccc2)cc1CN(C)S(=O)(=O)c1ccc(C)cc1. The van der Waals surface area contributed by atoms with Gasteiger partial charge in [-0.3, -0.25) is 4.79 Å². The van der Waals surface area contributed by atoms with Crippen molar-refractivity contribution in [1.82, 2.24) is 4.31 Å². The number of amides is 1. The molecule has 4 aromatic rings. The largest absolute Gasteiger partial charge is 0.494 e. The fourth-order valence-electron chi connectivity index (χ4n) is 3.82. The van der Waals surface area contributed by atoms with Crippen molar-refractivity contribution < 1.29 is 22.7 Å². The zero-order chi connectivity index (χ0) is 27.1. The fraction of sp³-hybridized carbons (Fsp3) is 0.167. The van der Waals surface area contributed by atoms with Gasteiger partial charge in [-0.2, -0.15) is 4.31 Å². The molecule has 4 rings (SSSR count). The Kier molecular flexibility index (Phi) is 8.45. The third kappa shape index (κ3) is 6.40. The summed E-state index contributed by atoms with van der Waals surface area (Å²) in [7, 11) is -2.23. The summed E-state index contributed by atoms with van der Waals surface area (Å²) in [6, 6.07) is 28.2. The van der Waals surface area contributed by atoms with Gasteiger partial charge in [0.05, 0.1) is 17.2 Å². The van der Waals surface area contributed by atoms with Crippen LogP contribution < -0.4 is 14.8 Å². The molecule has 0 aliphatic heterocycles. The highest BCUT2D eigenvalue weighted by atomic mass is 32.2. The van der Waals surface area contributed by atoms with Crippen LogP contribution in [-0.2, 0) is 16.6 Å². The molecular formula is C30H30N2O5S. The van der Waals surface area contributed by atoms with Gasteiger partial charge in [0.15, 0.2) is 5.75 Å². The molecule has 0 heterocycles. The van der Waals surface area contributed by atoms with Crippen LogP contribution in [0.3, 0.4) is 0 Å². The summed E-state index contributed by atoms with van der Waals surface area (Å²) in [6.07, 6.45) is 0. The summed E-state index contributed by atoms with van der Waals surface area (Å²) in [5.41, 5.74) is 2.42. The smallest absolute Gasteiger partial charge is 0.255 e. The Labute approximate surface area is 223 Å². The average Bonchev–Trinajstić information content (AvgIpc) is 2.91. The van der Waals surface area contributed by atoms with Crippen LogP contribution in [0.2, 0.25) is 0 Å². The van der Waals surface area contributed by atoms with Crippen molar-refractivity contribution in [3.63, 3.8) is 0 Å². The van der Waals surface area contributed by atoms with E-state index >= 15 is 0 Å².